The summed E-state index contributed by atoms with van der Waals surface area (Å²) in [6.45, 7) is 3.17. The third kappa shape index (κ3) is 2.49. The van der Waals surface area contributed by atoms with Gasteiger partial charge >= 0.3 is 0 Å². The highest BCUT2D eigenvalue weighted by molar-refractivity contribution is 7.11. The molecule has 17 heavy (non-hydrogen) atoms. The number of anilines is 2. The van der Waals surface area contributed by atoms with Gasteiger partial charge in [-0.15, -0.1) is 0 Å². The lowest BCUT2D eigenvalue weighted by Gasteiger charge is -2.34. The van der Waals surface area contributed by atoms with E-state index in [9.17, 15) is 0 Å². The zero-order valence-electron chi connectivity index (χ0n) is 10.6. The number of nitrogens with zero attached hydrogens (tertiary/aromatic N) is 2. The first-order chi connectivity index (χ1) is 8.27. The Hall–Kier alpha value is -0.970. The molecule has 0 saturated heterocycles. The number of nitrogen functional groups attached to an aromatic ring is 1. The molecule has 0 unspecified atom stereocenters. The van der Waals surface area contributed by atoms with Crippen molar-refractivity contribution in [2.24, 2.45) is 0 Å². The van der Waals surface area contributed by atoms with Gasteiger partial charge in [-0.2, -0.15) is 4.37 Å². The third-order valence-electron chi connectivity index (χ3n) is 3.48. The highest BCUT2D eigenvalue weighted by Crippen LogP contribution is 2.40. The molecule has 1 saturated carbocycles. The van der Waals surface area contributed by atoms with Crippen LogP contribution in [0.5, 0.6) is 5.75 Å². The van der Waals surface area contributed by atoms with Crippen molar-refractivity contribution in [3.8, 4) is 5.75 Å². The molecule has 0 radical (unpaired) electrons. The van der Waals surface area contributed by atoms with E-state index >= 15 is 0 Å². The van der Waals surface area contributed by atoms with Crippen molar-refractivity contribution in [1.29, 1.82) is 0 Å². The number of ether oxygens (including phenoxy) is 1. The van der Waals surface area contributed by atoms with E-state index in [1.807, 2.05) is 0 Å². The Kier molecular flexibility index (Phi) is 4.10. The summed E-state index contributed by atoms with van der Waals surface area (Å²) in [6.07, 6.45) is 6.58. The molecule has 0 bridgehead atoms. The minimum absolute atomic E-state index is 0.516. The minimum Gasteiger partial charge on any atom is -0.490 e. The average molecular weight is 255 g/mol. The predicted octanol–water partition coefficient (Wildman–Crippen LogP) is 2.89. The lowest BCUT2D eigenvalue weighted by molar-refractivity contribution is 0.400. The van der Waals surface area contributed by atoms with Gasteiger partial charge in [0.1, 0.15) is 0 Å². The average Bonchev–Trinajstić information content (AvgIpc) is 2.73. The van der Waals surface area contributed by atoms with Crippen molar-refractivity contribution in [1.82, 2.24) is 4.37 Å². The topological polar surface area (TPSA) is 51.4 Å². The maximum Gasteiger partial charge on any atom is 0.197 e. The van der Waals surface area contributed by atoms with E-state index in [-0.39, 0.29) is 0 Å². The Balaban J connectivity index is 2.21. The van der Waals surface area contributed by atoms with Gasteiger partial charge in [0.15, 0.2) is 16.6 Å². The van der Waals surface area contributed by atoms with E-state index in [1.54, 1.807) is 7.11 Å². The second kappa shape index (κ2) is 5.58. The molecule has 0 spiro atoms. The van der Waals surface area contributed by atoms with Crippen LogP contribution in [0.1, 0.15) is 39.0 Å². The van der Waals surface area contributed by atoms with Crippen LogP contribution in [0.2, 0.25) is 0 Å². The summed E-state index contributed by atoms with van der Waals surface area (Å²) in [5.41, 5.74) is 5.82. The quantitative estimate of drug-likeness (QED) is 0.898. The van der Waals surface area contributed by atoms with Gasteiger partial charge in [0.05, 0.1) is 7.11 Å². The van der Waals surface area contributed by atoms with Gasteiger partial charge in [0, 0.05) is 12.6 Å². The van der Waals surface area contributed by atoms with E-state index in [4.69, 9.17) is 10.5 Å². The highest BCUT2D eigenvalue weighted by Gasteiger charge is 2.25. The second-order valence-corrected chi connectivity index (χ2v) is 5.24. The van der Waals surface area contributed by atoms with Crippen LogP contribution in [0, 0.1) is 0 Å². The molecule has 5 heteroatoms. The zero-order chi connectivity index (χ0) is 12.3. The molecule has 1 fully saturated rings. The van der Waals surface area contributed by atoms with Crippen molar-refractivity contribution in [3.05, 3.63) is 0 Å². The van der Waals surface area contributed by atoms with Crippen LogP contribution in [0.25, 0.3) is 0 Å². The molecule has 0 amide bonds. The highest BCUT2D eigenvalue weighted by atomic mass is 32.1. The van der Waals surface area contributed by atoms with Crippen molar-refractivity contribution in [3.63, 3.8) is 0 Å². The van der Waals surface area contributed by atoms with Crippen LogP contribution >= 0.6 is 11.5 Å². The number of rotatable bonds is 4. The normalized spacial score (nSPS) is 17.1. The molecule has 1 aliphatic carbocycles. The SMILES string of the molecule is CCN(c1snc(N)c1OC)C1CCCCC1. The molecule has 0 atom stereocenters. The summed E-state index contributed by atoms with van der Waals surface area (Å²) >= 11 is 1.45. The summed E-state index contributed by atoms with van der Waals surface area (Å²) in [6, 6.07) is 0.627. The Morgan fingerprint density at radius 1 is 1.41 bits per heavy atom. The molecular weight excluding hydrogens is 234 g/mol. The van der Waals surface area contributed by atoms with E-state index in [2.05, 4.69) is 16.2 Å². The van der Waals surface area contributed by atoms with Gasteiger partial charge < -0.3 is 15.4 Å². The summed E-state index contributed by atoms with van der Waals surface area (Å²) < 4.78 is 9.57. The van der Waals surface area contributed by atoms with Crippen LogP contribution in [-0.2, 0) is 0 Å². The van der Waals surface area contributed by atoms with Gasteiger partial charge in [-0.1, -0.05) is 19.3 Å². The van der Waals surface area contributed by atoms with E-state index < -0.39 is 0 Å². The number of methoxy groups -OCH3 is 1. The maximum atomic E-state index is 5.82. The van der Waals surface area contributed by atoms with Gasteiger partial charge in [-0.3, -0.25) is 0 Å². The molecule has 1 aromatic rings. The van der Waals surface area contributed by atoms with Crippen LogP contribution in [-0.4, -0.2) is 24.1 Å². The Bertz CT molecular complexity index is 361. The monoisotopic (exact) mass is 255 g/mol. The molecule has 96 valence electrons. The summed E-state index contributed by atoms with van der Waals surface area (Å²) in [5, 5.41) is 1.10. The summed E-state index contributed by atoms with van der Waals surface area (Å²) in [4.78, 5) is 2.41. The predicted molar refractivity (Wildman–Crippen MR) is 73.0 cm³/mol. The van der Waals surface area contributed by atoms with Gasteiger partial charge in [-0.05, 0) is 31.3 Å². The van der Waals surface area contributed by atoms with Crippen molar-refractivity contribution < 1.29 is 4.74 Å². The molecule has 4 nitrogen and oxygen atoms in total. The Morgan fingerprint density at radius 2 is 2.12 bits per heavy atom. The standard InChI is InChI=1S/C12H21N3OS/c1-3-15(9-7-5-4-6-8-9)12-10(16-2)11(13)14-17-12/h9H,3-8H2,1-2H3,(H2,13,14). The fourth-order valence-electron chi connectivity index (χ4n) is 2.62. The molecule has 1 heterocycles. The summed E-state index contributed by atoms with van der Waals surface area (Å²) in [5.74, 6) is 1.27. The van der Waals surface area contributed by atoms with Crippen LogP contribution < -0.4 is 15.4 Å². The van der Waals surface area contributed by atoms with E-state index in [1.165, 1.54) is 43.6 Å². The molecular formula is C12H21N3OS. The number of aromatic nitrogens is 1. The largest absolute Gasteiger partial charge is 0.490 e. The van der Waals surface area contributed by atoms with E-state index in [0.717, 1.165) is 17.3 Å². The molecule has 0 aliphatic heterocycles. The van der Waals surface area contributed by atoms with Crippen molar-refractivity contribution in [2.45, 2.75) is 45.1 Å². The van der Waals surface area contributed by atoms with Gasteiger partial charge in [0.2, 0.25) is 0 Å². The first-order valence-electron chi connectivity index (χ1n) is 6.33. The van der Waals surface area contributed by atoms with Gasteiger partial charge in [0.25, 0.3) is 0 Å². The number of hydrogen-bond acceptors (Lipinski definition) is 5. The van der Waals surface area contributed by atoms with Crippen LogP contribution in [0.4, 0.5) is 10.8 Å². The Labute approximate surface area is 107 Å². The molecule has 1 aliphatic rings. The van der Waals surface area contributed by atoms with E-state index in [0.29, 0.717) is 11.9 Å². The van der Waals surface area contributed by atoms with Crippen LogP contribution in [0.3, 0.4) is 0 Å². The summed E-state index contributed by atoms with van der Waals surface area (Å²) in [7, 11) is 1.66. The van der Waals surface area contributed by atoms with Crippen LogP contribution in [0.15, 0.2) is 0 Å². The molecule has 2 rings (SSSR count). The van der Waals surface area contributed by atoms with Crippen molar-refractivity contribution >= 4 is 22.4 Å². The first-order valence-corrected chi connectivity index (χ1v) is 7.11. The van der Waals surface area contributed by atoms with Crippen molar-refractivity contribution in [2.75, 3.05) is 24.3 Å². The fourth-order valence-corrected chi connectivity index (χ4v) is 3.54. The zero-order valence-corrected chi connectivity index (χ0v) is 11.4. The smallest absolute Gasteiger partial charge is 0.197 e. The minimum atomic E-state index is 0.516. The maximum absolute atomic E-state index is 5.82. The first kappa shape index (κ1) is 12.5. The Morgan fingerprint density at radius 3 is 2.71 bits per heavy atom. The number of hydrogen-bond donors (Lipinski definition) is 1. The van der Waals surface area contributed by atoms with Gasteiger partial charge in [-0.25, -0.2) is 0 Å². The lowest BCUT2D eigenvalue weighted by Crippen LogP contribution is -2.36. The molecule has 2 N–H and O–H groups in total. The number of nitrogens with two attached hydrogens (primary N) is 1. The molecule has 1 aromatic heterocycles. The fraction of sp³-hybridized carbons (Fsp3) is 0.750. The third-order valence-corrected chi connectivity index (χ3v) is 4.36. The molecule has 0 aromatic carbocycles. The lowest BCUT2D eigenvalue weighted by atomic mass is 9.94. The second-order valence-electron chi connectivity index (χ2n) is 4.48.